The molecule has 1 aromatic heterocycles. The summed E-state index contributed by atoms with van der Waals surface area (Å²) in [6, 6.07) is 9.63. The lowest BCUT2D eigenvalue weighted by molar-refractivity contribution is 0.0599. The maximum atomic E-state index is 11.4. The van der Waals surface area contributed by atoms with Crippen LogP contribution in [0.15, 0.2) is 52.5 Å². The van der Waals surface area contributed by atoms with Crippen molar-refractivity contribution in [1.29, 1.82) is 0 Å². The molecule has 1 aromatic carbocycles. The molecular formula is C14H11NO4S. The Morgan fingerprint density at radius 2 is 1.85 bits per heavy atom. The molecule has 6 heteroatoms. The van der Waals surface area contributed by atoms with Crippen molar-refractivity contribution in [3.05, 3.63) is 53.7 Å². The Morgan fingerprint density at radius 1 is 1.15 bits per heavy atom. The van der Waals surface area contributed by atoms with E-state index < -0.39 is 11.9 Å². The molecule has 0 saturated heterocycles. The SMILES string of the molecule is COC(=O)c1ccnc(Sc2ccc(C(=O)O)cc2)c1. The van der Waals surface area contributed by atoms with E-state index in [1.807, 2.05) is 0 Å². The topological polar surface area (TPSA) is 76.5 Å². The Morgan fingerprint density at radius 3 is 2.45 bits per heavy atom. The molecule has 5 nitrogen and oxygen atoms in total. The number of hydrogen-bond donors (Lipinski definition) is 1. The molecule has 0 unspecified atom stereocenters. The number of rotatable bonds is 4. The quantitative estimate of drug-likeness (QED) is 0.872. The molecule has 2 aromatic rings. The van der Waals surface area contributed by atoms with E-state index in [4.69, 9.17) is 5.11 Å². The van der Waals surface area contributed by atoms with Crippen molar-refractivity contribution in [2.45, 2.75) is 9.92 Å². The maximum absolute atomic E-state index is 11.4. The lowest BCUT2D eigenvalue weighted by Crippen LogP contribution is -2.01. The number of aromatic nitrogens is 1. The Labute approximate surface area is 119 Å². The van der Waals surface area contributed by atoms with E-state index in [-0.39, 0.29) is 5.56 Å². The van der Waals surface area contributed by atoms with Gasteiger partial charge in [0.05, 0.1) is 18.2 Å². The summed E-state index contributed by atoms with van der Waals surface area (Å²) < 4.78 is 4.64. The number of methoxy groups -OCH3 is 1. The first-order valence-electron chi connectivity index (χ1n) is 5.66. The number of ether oxygens (including phenoxy) is 1. The van der Waals surface area contributed by atoms with Gasteiger partial charge in [0.15, 0.2) is 0 Å². The molecule has 0 amide bonds. The zero-order valence-corrected chi connectivity index (χ0v) is 11.4. The van der Waals surface area contributed by atoms with E-state index in [2.05, 4.69) is 9.72 Å². The Kier molecular flexibility index (Phi) is 4.37. The summed E-state index contributed by atoms with van der Waals surface area (Å²) >= 11 is 1.34. The Hall–Kier alpha value is -2.34. The van der Waals surface area contributed by atoms with Gasteiger partial charge in [-0.1, -0.05) is 11.8 Å². The number of carbonyl (C=O) groups is 2. The largest absolute Gasteiger partial charge is 0.478 e. The second kappa shape index (κ2) is 6.21. The van der Waals surface area contributed by atoms with E-state index >= 15 is 0 Å². The molecular weight excluding hydrogens is 278 g/mol. The summed E-state index contributed by atoms with van der Waals surface area (Å²) in [7, 11) is 1.32. The van der Waals surface area contributed by atoms with Gasteiger partial charge in [0, 0.05) is 11.1 Å². The molecule has 0 bridgehead atoms. The van der Waals surface area contributed by atoms with Crippen LogP contribution in [0.1, 0.15) is 20.7 Å². The van der Waals surface area contributed by atoms with Crippen LogP contribution in [-0.2, 0) is 4.74 Å². The fourth-order valence-electron chi connectivity index (χ4n) is 1.50. The first-order chi connectivity index (χ1) is 9.60. The summed E-state index contributed by atoms with van der Waals surface area (Å²) in [6.07, 6.45) is 1.53. The van der Waals surface area contributed by atoms with Gasteiger partial charge in [-0.15, -0.1) is 0 Å². The lowest BCUT2D eigenvalue weighted by atomic mass is 10.2. The van der Waals surface area contributed by atoms with Crippen LogP contribution in [0.25, 0.3) is 0 Å². The maximum Gasteiger partial charge on any atom is 0.337 e. The highest BCUT2D eigenvalue weighted by Gasteiger charge is 2.08. The highest BCUT2D eigenvalue weighted by molar-refractivity contribution is 7.99. The fraction of sp³-hybridized carbons (Fsp3) is 0.0714. The number of carboxylic acids is 1. The summed E-state index contributed by atoms with van der Waals surface area (Å²) in [5, 5.41) is 9.45. The van der Waals surface area contributed by atoms with Crippen molar-refractivity contribution in [2.75, 3.05) is 7.11 Å². The van der Waals surface area contributed by atoms with Gasteiger partial charge in [0.1, 0.15) is 5.03 Å². The minimum atomic E-state index is -0.965. The molecule has 0 aliphatic carbocycles. The average Bonchev–Trinajstić information content (AvgIpc) is 2.47. The zero-order chi connectivity index (χ0) is 14.5. The van der Waals surface area contributed by atoms with Crippen molar-refractivity contribution >= 4 is 23.7 Å². The van der Waals surface area contributed by atoms with Crippen LogP contribution in [0.3, 0.4) is 0 Å². The normalized spacial score (nSPS) is 10.1. The monoisotopic (exact) mass is 289 g/mol. The van der Waals surface area contributed by atoms with Crippen LogP contribution in [0.5, 0.6) is 0 Å². The van der Waals surface area contributed by atoms with Crippen LogP contribution in [0.2, 0.25) is 0 Å². The second-order valence-corrected chi connectivity index (χ2v) is 4.90. The Balaban J connectivity index is 2.17. The molecule has 0 saturated carbocycles. The minimum absolute atomic E-state index is 0.227. The molecule has 0 spiro atoms. The van der Waals surface area contributed by atoms with Crippen LogP contribution < -0.4 is 0 Å². The van der Waals surface area contributed by atoms with Gasteiger partial charge in [0.25, 0.3) is 0 Å². The van der Waals surface area contributed by atoms with E-state index in [9.17, 15) is 9.59 Å². The predicted octanol–water partition coefficient (Wildman–Crippen LogP) is 2.72. The molecule has 1 heterocycles. The van der Waals surface area contributed by atoms with Gasteiger partial charge in [-0.05, 0) is 36.4 Å². The lowest BCUT2D eigenvalue weighted by Gasteiger charge is -2.03. The summed E-state index contributed by atoms with van der Waals surface area (Å²) in [5.74, 6) is -1.39. The number of esters is 1. The van der Waals surface area contributed by atoms with E-state index in [0.717, 1.165) is 4.90 Å². The van der Waals surface area contributed by atoms with Crippen molar-refractivity contribution in [1.82, 2.24) is 4.98 Å². The van der Waals surface area contributed by atoms with Crippen molar-refractivity contribution < 1.29 is 19.4 Å². The molecule has 20 heavy (non-hydrogen) atoms. The third kappa shape index (κ3) is 3.36. The predicted molar refractivity (Wildman–Crippen MR) is 73.1 cm³/mol. The van der Waals surface area contributed by atoms with Crippen LogP contribution >= 0.6 is 11.8 Å². The van der Waals surface area contributed by atoms with Crippen LogP contribution in [0.4, 0.5) is 0 Å². The highest BCUT2D eigenvalue weighted by atomic mass is 32.2. The number of aromatic carboxylic acids is 1. The fourth-order valence-corrected chi connectivity index (χ4v) is 2.31. The standard InChI is InChI=1S/C14H11NO4S/c1-19-14(18)10-6-7-15-12(8-10)20-11-4-2-9(3-5-11)13(16)17/h2-8H,1H3,(H,16,17). The first kappa shape index (κ1) is 14.1. The summed E-state index contributed by atoms with van der Waals surface area (Å²) in [5.41, 5.74) is 0.651. The van der Waals surface area contributed by atoms with Gasteiger partial charge in [-0.2, -0.15) is 0 Å². The number of carbonyl (C=O) groups excluding carboxylic acids is 1. The third-order valence-electron chi connectivity index (χ3n) is 2.48. The smallest absolute Gasteiger partial charge is 0.337 e. The van der Waals surface area contributed by atoms with Crippen LogP contribution in [0, 0.1) is 0 Å². The van der Waals surface area contributed by atoms with E-state index in [1.54, 1.807) is 24.3 Å². The van der Waals surface area contributed by atoms with Gasteiger partial charge in [-0.3, -0.25) is 0 Å². The molecule has 0 radical (unpaired) electrons. The van der Waals surface area contributed by atoms with Crippen molar-refractivity contribution in [3.8, 4) is 0 Å². The van der Waals surface area contributed by atoms with Crippen LogP contribution in [-0.4, -0.2) is 29.1 Å². The number of carboxylic acid groups (broad SMARTS) is 1. The highest BCUT2D eigenvalue weighted by Crippen LogP contribution is 2.26. The van der Waals surface area contributed by atoms with Gasteiger partial charge >= 0.3 is 11.9 Å². The van der Waals surface area contributed by atoms with Crippen molar-refractivity contribution in [3.63, 3.8) is 0 Å². The molecule has 0 fully saturated rings. The van der Waals surface area contributed by atoms with E-state index in [0.29, 0.717) is 10.6 Å². The number of nitrogens with zero attached hydrogens (tertiary/aromatic N) is 1. The van der Waals surface area contributed by atoms with Gasteiger partial charge in [-0.25, -0.2) is 14.6 Å². The molecule has 0 aliphatic heterocycles. The third-order valence-corrected chi connectivity index (χ3v) is 3.42. The summed E-state index contributed by atoms with van der Waals surface area (Å²) in [6.45, 7) is 0. The summed E-state index contributed by atoms with van der Waals surface area (Å²) in [4.78, 5) is 27.2. The number of pyridine rings is 1. The minimum Gasteiger partial charge on any atom is -0.478 e. The molecule has 0 aliphatic rings. The average molecular weight is 289 g/mol. The number of benzene rings is 1. The van der Waals surface area contributed by atoms with Gasteiger partial charge < -0.3 is 9.84 Å². The second-order valence-electron chi connectivity index (χ2n) is 3.81. The van der Waals surface area contributed by atoms with Gasteiger partial charge in [0.2, 0.25) is 0 Å². The first-order valence-corrected chi connectivity index (χ1v) is 6.47. The molecule has 0 atom stereocenters. The molecule has 1 N–H and O–H groups in total. The van der Waals surface area contributed by atoms with E-state index in [1.165, 1.54) is 37.2 Å². The zero-order valence-electron chi connectivity index (χ0n) is 10.6. The Bertz CT molecular complexity index is 640. The van der Waals surface area contributed by atoms with Crippen molar-refractivity contribution in [2.24, 2.45) is 0 Å². The number of hydrogen-bond acceptors (Lipinski definition) is 5. The molecule has 102 valence electrons. The molecule has 2 rings (SSSR count).